The van der Waals surface area contributed by atoms with E-state index in [2.05, 4.69) is 54.4 Å². The molecule has 0 aliphatic carbocycles. The third kappa shape index (κ3) is 4.92. The highest BCUT2D eigenvalue weighted by molar-refractivity contribution is 7.11. The summed E-state index contributed by atoms with van der Waals surface area (Å²) in [6.07, 6.45) is 5.60. The van der Waals surface area contributed by atoms with Gasteiger partial charge in [0, 0.05) is 37.4 Å². The summed E-state index contributed by atoms with van der Waals surface area (Å²) in [5, 5.41) is 7.80. The highest BCUT2D eigenvalue weighted by Gasteiger charge is 2.06. The first kappa shape index (κ1) is 18.1. The van der Waals surface area contributed by atoms with Crippen LogP contribution in [0.1, 0.15) is 26.7 Å². The largest absolute Gasteiger partial charge is 0.352 e. The fourth-order valence-corrected chi connectivity index (χ4v) is 3.54. The van der Waals surface area contributed by atoms with Crippen molar-refractivity contribution in [2.45, 2.75) is 33.5 Å². The minimum absolute atomic E-state index is 0.728. The van der Waals surface area contributed by atoms with E-state index in [9.17, 15) is 0 Å². The summed E-state index contributed by atoms with van der Waals surface area (Å²) < 4.78 is 2.06. The highest BCUT2D eigenvalue weighted by Crippen LogP contribution is 2.16. The number of thiazole rings is 1. The van der Waals surface area contributed by atoms with E-state index in [1.54, 1.807) is 24.6 Å². The third-order valence-electron chi connectivity index (χ3n) is 4.05. The molecule has 26 heavy (non-hydrogen) atoms. The molecule has 0 aliphatic rings. The monoisotopic (exact) mass is 368 g/mol. The van der Waals surface area contributed by atoms with E-state index in [0.29, 0.717) is 0 Å². The molecular formula is C19H24N6S. The normalized spacial score (nSPS) is 11.6. The Morgan fingerprint density at radius 2 is 1.85 bits per heavy atom. The van der Waals surface area contributed by atoms with Gasteiger partial charge in [0.05, 0.1) is 23.6 Å². The molecule has 2 aromatic heterocycles. The van der Waals surface area contributed by atoms with Crippen LogP contribution in [-0.4, -0.2) is 27.5 Å². The Morgan fingerprint density at radius 1 is 1.12 bits per heavy atom. The van der Waals surface area contributed by atoms with Crippen molar-refractivity contribution in [3.05, 3.63) is 69.7 Å². The molecule has 136 valence electrons. The molecule has 0 saturated heterocycles. The molecule has 0 unspecified atom stereocenters. The van der Waals surface area contributed by atoms with Gasteiger partial charge in [-0.05, 0) is 25.0 Å². The summed E-state index contributed by atoms with van der Waals surface area (Å²) in [6.45, 7) is 6.38. The predicted molar refractivity (Wildman–Crippen MR) is 106 cm³/mol. The number of rotatable bonds is 6. The Morgan fingerprint density at radius 3 is 2.46 bits per heavy atom. The second-order valence-corrected chi connectivity index (χ2v) is 7.36. The van der Waals surface area contributed by atoms with Gasteiger partial charge in [0.1, 0.15) is 0 Å². The maximum absolute atomic E-state index is 4.46. The van der Waals surface area contributed by atoms with Crippen molar-refractivity contribution in [2.24, 2.45) is 4.99 Å². The summed E-state index contributed by atoms with van der Waals surface area (Å²) in [7, 11) is 1.79. The highest BCUT2D eigenvalue weighted by atomic mass is 32.1. The van der Waals surface area contributed by atoms with E-state index in [4.69, 9.17) is 0 Å². The molecule has 0 spiro atoms. The maximum atomic E-state index is 4.46. The molecule has 7 heteroatoms. The van der Waals surface area contributed by atoms with Crippen molar-refractivity contribution in [2.75, 3.05) is 7.05 Å². The van der Waals surface area contributed by atoms with Gasteiger partial charge in [-0.25, -0.2) is 9.97 Å². The maximum Gasteiger partial charge on any atom is 0.191 e. The fraction of sp³-hybridized carbons (Fsp3) is 0.316. The predicted octanol–water partition coefficient (Wildman–Crippen LogP) is 2.87. The molecule has 0 radical (unpaired) electrons. The number of aryl methyl sites for hydroxylation is 2. The van der Waals surface area contributed by atoms with Crippen LogP contribution >= 0.6 is 11.3 Å². The van der Waals surface area contributed by atoms with Gasteiger partial charge < -0.3 is 15.2 Å². The number of aromatic nitrogens is 3. The van der Waals surface area contributed by atoms with Gasteiger partial charge >= 0.3 is 0 Å². The molecule has 3 aromatic rings. The van der Waals surface area contributed by atoms with Crippen LogP contribution in [0, 0.1) is 13.8 Å². The average molecular weight is 369 g/mol. The fourth-order valence-electron chi connectivity index (χ4n) is 2.66. The van der Waals surface area contributed by atoms with Gasteiger partial charge in [-0.15, -0.1) is 11.3 Å². The van der Waals surface area contributed by atoms with E-state index in [-0.39, 0.29) is 0 Å². The number of imidazole rings is 1. The van der Waals surface area contributed by atoms with Crippen LogP contribution in [0.4, 0.5) is 0 Å². The minimum Gasteiger partial charge on any atom is -0.352 e. The van der Waals surface area contributed by atoms with Gasteiger partial charge in [-0.1, -0.05) is 24.3 Å². The Bertz CT molecular complexity index is 849. The zero-order chi connectivity index (χ0) is 18.4. The van der Waals surface area contributed by atoms with Gasteiger partial charge in [-0.2, -0.15) is 0 Å². The topological polar surface area (TPSA) is 67.1 Å². The number of nitrogens with zero attached hydrogens (tertiary/aromatic N) is 4. The van der Waals surface area contributed by atoms with Crippen LogP contribution in [-0.2, 0) is 19.6 Å². The molecule has 0 atom stereocenters. The molecule has 0 aliphatic heterocycles. The first-order valence-electron chi connectivity index (χ1n) is 8.55. The smallest absolute Gasteiger partial charge is 0.191 e. The van der Waals surface area contributed by atoms with Crippen LogP contribution in [0.25, 0.3) is 0 Å². The lowest BCUT2D eigenvalue weighted by atomic mass is 10.1. The number of guanidine groups is 1. The lowest BCUT2D eigenvalue weighted by Crippen LogP contribution is -2.36. The van der Waals surface area contributed by atoms with E-state index in [0.717, 1.165) is 36.3 Å². The number of nitrogens with one attached hydrogen (secondary N) is 2. The molecule has 2 N–H and O–H groups in total. The van der Waals surface area contributed by atoms with Crippen LogP contribution in [0.5, 0.6) is 0 Å². The molecule has 0 bridgehead atoms. The minimum atomic E-state index is 0.728. The van der Waals surface area contributed by atoms with Crippen molar-refractivity contribution in [1.82, 2.24) is 25.2 Å². The lowest BCUT2D eigenvalue weighted by molar-refractivity contribution is 0.792. The standard InChI is InChI=1S/C19H24N6S/c1-14-18(26-15(2)24-14)11-23-19(20-3)22-10-16-4-6-17(7-5-16)12-25-9-8-21-13-25/h4-9,13H,10-12H2,1-3H3,(H2,20,22,23). The number of hydrogen-bond donors (Lipinski definition) is 2. The molecule has 0 saturated carbocycles. The molecule has 6 nitrogen and oxygen atoms in total. The Labute approximate surface area is 158 Å². The van der Waals surface area contributed by atoms with Gasteiger partial charge in [-0.3, -0.25) is 4.99 Å². The second-order valence-electron chi connectivity index (χ2n) is 6.07. The van der Waals surface area contributed by atoms with E-state index in [1.807, 2.05) is 26.4 Å². The van der Waals surface area contributed by atoms with Crippen LogP contribution < -0.4 is 10.6 Å². The number of hydrogen-bond acceptors (Lipinski definition) is 4. The van der Waals surface area contributed by atoms with E-state index < -0.39 is 0 Å². The van der Waals surface area contributed by atoms with Crippen molar-refractivity contribution in [3.8, 4) is 0 Å². The molecule has 1 aromatic carbocycles. The SMILES string of the molecule is CN=C(NCc1ccc(Cn2ccnc2)cc1)NCc1sc(C)nc1C. The van der Waals surface area contributed by atoms with E-state index >= 15 is 0 Å². The number of benzene rings is 1. The Kier molecular flexibility index (Phi) is 6.01. The summed E-state index contributed by atoms with van der Waals surface area (Å²) in [5.74, 6) is 0.790. The molecule has 3 rings (SSSR count). The second kappa shape index (κ2) is 8.62. The quantitative estimate of drug-likeness (QED) is 0.519. The molecule has 0 fully saturated rings. The summed E-state index contributed by atoms with van der Waals surface area (Å²) in [5.41, 5.74) is 3.56. The van der Waals surface area contributed by atoms with Crippen molar-refractivity contribution in [1.29, 1.82) is 0 Å². The summed E-state index contributed by atoms with van der Waals surface area (Å²) in [4.78, 5) is 14.1. The van der Waals surface area contributed by atoms with Gasteiger partial charge in [0.2, 0.25) is 0 Å². The zero-order valence-corrected chi connectivity index (χ0v) is 16.2. The van der Waals surface area contributed by atoms with Crippen LogP contribution in [0.3, 0.4) is 0 Å². The van der Waals surface area contributed by atoms with Crippen molar-refractivity contribution >= 4 is 17.3 Å². The Hall–Kier alpha value is -2.67. The van der Waals surface area contributed by atoms with E-state index in [1.165, 1.54) is 16.0 Å². The molecule has 0 amide bonds. The lowest BCUT2D eigenvalue weighted by Gasteiger charge is -2.12. The number of aliphatic imine (C=N–C) groups is 1. The third-order valence-corrected chi connectivity index (χ3v) is 5.12. The average Bonchev–Trinajstić information content (AvgIpc) is 3.25. The molecule has 2 heterocycles. The van der Waals surface area contributed by atoms with Gasteiger partial charge in [0.25, 0.3) is 0 Å². The van der Waals surface area contributed by atoms with Crippen LogP contribution in [0.2, 0.25) is 0 Å². The van der Waals surface area contributed by atoms with Gasteiger partial charge in [0.15, 0.2) is 5.96 Å². The van der Waals surface area contributed by atoms with Crippen molar-refractivity contribution in [3.63, 3.8) is 0 Å². The van der Waals surface area contributed by atoms with Crippen LogP contribution in [0.15, 0.2) is 48.0 Å². The molecular weight excluding hydrogens is 344 g/mol. The summed E-state index contributed by atoms with van der Waals surface area (Å²) in [6, 6.07) is 8.58. The first-order chi connectivity index (χ1) is 12.6. The Balaban J connectivity index is 1.49. The zero-order valence-electron chi connectivity index (χ0n) is 15.4. The van der Waals surface area contributed by atoms with Crippen molar-refractivity contribution < 1.29 is 0 Å². The summed E-state index contributed by atoms with van der Waals surface area (Å²) >= 11 is 1.72. The first-order valence-corrected chi connectivity index (χ1v) is 9.36.